The molecule has 7 rings (SSSR count). The number of morpholine rings is 2. The summed E-state index contributed by atoms with van der Waals surface area (Å²) in [4.78, 5) is 41.8. The minimum atomic E-state index is -0.267. The molecule has 346 valence electrons. The number of rotatable bonds is 24. The summed E-state index contributed by atoms with van der Waals surface area (Å²) in [6.45, 7) is 12.5. The zero-order valence-corrected chi connectivity index (χ0v) is 38.3. The van der Waals surface area contributed by atoms with Crippen LogP contribution in [0.25, 0.3) is 11.1 Å². The van der Waals surface area contributed by atoms with Crippen molar-refractivity contribution in [3.8, 4) is 17.2 Å². The number of carbonyl (C=O) groups excluding carboxylic acids is 3. The van der Waals surface area contributed by atoms with Gasteiger partial charge in [0.1, 0.15) is 30.5 Å². The zero-order chi connectivity index (χ0) is 44.4. The molecule has 0 aromatic heterocycles. The molecular weight excluding hydrogens is 831 g/mol. The Morgan fingerprint density at radius 2 is 1.36 bits per heavy atom. The molecule has 0 unspecified atom stereocenters. The highest BCUT2D eigenvalue weighted by Crippen LogP contribution is 2.37. The first-order valence-corrected chi connectivity index (χ1v) is 24.5. The SMILES string of the molecule is CCC(=C(c1ccc(OCCN2CCOCC2)cc1)c1ccc(OCCN2CCOCC2)cc1)c1cccc(OC(=O)CCCCCNC(=O)CCCC[C@@H]2SC[C@@H]3NC(=O)N[C@@H]32)c1. The smallest absolute Gasteiger partial charge is 0.315 e. The van der Waals surface area contributed by atoms with Crippen LogP contribution < -0.4 is 30.2 Å². The van der Waals surface area contributed by atoms with Crippen LogP contribution in [0.5, 0.6) is 17.2 Å². The maximum atomic E-state index is 13.0. The molecule has 3 atom stereocenters. The highest BCUT2D eigenvalue weighted by molar-refractivity contribution is 8.00. The van der Waals surface area contributed by atoms with Crippen molar-refractivity contribution in [3.63, 3.8) is 0 Å². The van der Waals surface area contributed by atoms with Crippen LogP contribution in [0.1, 0.15) is 81.4 Å². The summed E-state index contributed by atoms with van der Waals surface area (Å²) in [6, 6.07) is 24.9. The van der Waals surface area contributed by atoms with Gasteiger partial charge in [-0.2, -0.15) is 11.8 Å². The van der Waals surface area contributed by atoms with Crippen molar-refractivity contribution < 1.29 is 38.1 Å². The number of amides is 3. The Labute approximate surface area is 383 Å². The Bertz CT molecular complexity index is 1900. The second-order valence-electron chi connectivity index (χ2n) is 16.9. The van der Waals surface area contributed by atoms with Crippen molar-refractivity contribution in [1.29, 1.82) is 0 Å². The Morgan fingerprint density at radius 3 is 1.98 bits per heavy atom. The molecule has 0 radical (unpaired) electrons. The van der Waals surface area contributed by atoms with Gasteiger partial charge in [-0.25, -0.2) is 4.79 Å². The molecule has 14 heteroatoms. The van der Waals surface area contributed by atoms with E-state index in [2.05, 4.69) is 63.0 Å². The number of hydrogen-bond donors (Lipinski definition) is 3. The fourth-order valence-corrected chi connectivity index (χ4v) is 10.3. The number of ether oxygens (including phenoxy) is 5. The van der Waals surface area contributed by atoms with Gasteiger partial charge in [0.25, 0.3) is 0 Å². The first-order valence-electron chi connectivity index (χ1n) is 23.5. The van der Waals surface area contributed by atoms with Crippen molar-refractivity contribution in [3.05, 3.63) is 89.5 Å². The fraction of sp³-hybridized carbons (Fsp3) is 0.540. The Hall–Kier alpha value is -4.60. The van der Waals surface area contributed by atoms with E-state index in [9.17, 15) is 14.4 Å². The number of fused-ring (bicyclic) bond motifs is 1. The monoisotopic (exact) mass is 897 g/mol. The molecule has 3 amide bonds. The first kappa shape index (κ1) is 47.4. The van der Waals surface area contributed by atoms with Crippen LogP contribution in [0.3, 0.4) is 0 Å². The van der Waals surface area contributed by atoms with Gasteiger partial charge >= 0.3 is 12.0 Å². The van der Waals surface area contributed by atoms with Crippen LogP contribution in [0.2, 0.25) is 0 Å². The fourth-order valence-electron chi connectivity index (χ4n) is 8.80. The third kappa shape index (κ3) is 14.5. The normalized spacial score (nSPS) is 19.9. The Balaban J connectivity index is 0.905. The van der Waals surface area contributed by atoms with E-state index in [1.165, 1.54) is 0 Å². The molecule has 0 saturated carbocycles. The highest BCUT2D eigenvalue weighted by atomic mass is 32.2. The van der Waals surface area contributed by atoms with E-state index >= 15 is 0 Å². The lowest BCUT2D eigenvalue weighted by atomic mass is 9.88. The molecule has 4 aliphatic rings. The average molecular weight is 898 g/mol. The van der Waals surface area contributed by atoms with Crippen molar-refractivity contribution in [2.45, 2.75) is 82.0 Å². The van der Waals surface area contributed by atoms with Gasteiger partial charge in [0.15, 0.2) is 0 Å². The average Bonchev–Trinajstić information content (AvgIpc) is 3.88. The van der Waals surface area contributed by atoms with E-state index in [4.69, 9.17) is 23.7 Å². The van der Waals surface area contributed by atoms with E-state index in [0.717, 1.165) is 149 Å². The molecule has 4 saturated heterocycles. The van der Waals surface area contributed by atoms with Gasteiger partial charge in [-0.3, -0.25) is 19.4 Å². The van der Waals surface area contributed by atoms with Crippen LogP contribution in [0.4, 0.5) is 4.79 Å². The van der Waals surface area contributed by atoms with Crippen LogP contribution in [-0.4, -0.2) is 136 Å². The van der Waals surface area contributed by atoms with Crippen molar-refractivity contribution in [2.24, 2.45) is 0 Å². The lowest BCUT2D eigenvalue weighted by molar-refractivity contribution is -0.134. The molecule has 3 aromatic carbocycles. The number of allylic oxidation sites excluding steroid dienone is 1. The largest absolute Gasteiger partial charge is 0.492 e. The van der Waals surface area contributed by atoms with Gasteiger partial charge < -0.3 is 39.6 Å². The van der Waals surface area contributed by atoms with Crippen LogP contribution >= 0.6 is 11.8 Å². The maximum Gasteiger partial charge on any atom is 0.315 e. The van der Waals surface area contributed by atoms with Gasteiger partial charge in [0.05, 0.1) is 38.5 Å². The Morgan fingerprint density at radius 1 is 0.734 bits per heavy atom. The number of benzene rings is 3. The van der Waals surface area contributed by atoms with Crippen molar-refractivity contribution >= 4 is 40.8 Å². The predicted octanol–water partition coefficient (Wildman–Crippen LogP) is 6.79. The predicted molar refractivity (Wildman–Crippen MR) is 252 cm³/mol. The van der Waals surface area contributed by atoms with Gasteiger partial charge in [0, 0.05) is 69.7 Å². The van der Waals surface area contributed by atoms with Crippen molar-refractivity contribution in [2.75, 3.05) is 91.2 Å². The molecule has 3 aromatic rings. The molecular formula is C50H67N5O8S. The molecule has 4 fully saturated rings. The molecule has 64 heavy (non-hydrogen) atoms. The standard InChI is InChI=1S/C50H67N5O8S/c1-2-43(39-9-8-10-42(35-39)63-47(57)13-4-3-7-22-51-46(56)12-6-5-11-45-49-44(36-64-45)52-50(58)53-49)48(37-14-18-40(19-15-37)61-33-27-54-23-29-59-30-24-54)38-16-20-41(21-17-38)62-34-28-55-25-31-60-32-26-55/h8-10,14-21,35,44-45,49H,2-7,11-13,22-34,36H2,1H3,(H,51,56)(H2,52,53,58)/t44-,45-,49-/m0/s1. The second kappa shape index (κ2) is 25.2. The summed E-state index contributed by atoms with van der Waals surface area (Å²) in [5.74, 6) is 2.93. The number of thioether (sulfide) groups is 1. The number of hydrogen-bond acceptors (Lipinski definition) is 11. The number of nitrogens with zero attached hydrogens (tertiary/aromatic N) is 2. The van der Waals surface area contributed by atoms with E-state index in [-0.39, 0.29) is 30.0 Å². The lowest BCUT2D eigenvalue weighted by Gasteiger charge is -2.26. The number of nitrogens with one attached hydrogen (secondary N) is 3. The summed E-state index contributed by atoms with van der Waals surface area (Å²) in [5, 5.41) is 9.45. The molecule has 4 aliphatic heterocycles. The topological polar surface area (TPSA) is 140 Å². The molecule has 0 spiro atoms. The number of unbranched alkanes of at least 4 members (excludes halogenated alkanes) is 3. The molecule has 3 N–H and O–H groups in total. The van der Waals surface area contributed by atoms with E-state index in [1.54, 1.807) is 0 Å². The maximum absolute atomic E-state index is 13.0. The molecule has 0 aliphatic carbocycles. The van der Waals surface area contributed by atoms with Gasteiger partial charge in [0.2, 0.25) is 5.91 Å². The third-order valence-electron chi connectivity index (χ3n) is 12.4. The van der Waals surface area contributed by atoms with Gasteiger partial charge in [-0.15, -0.1) is 0 Å². The van der Waals surface area contributed by atoms with Gasteiger partial charge in [-0.05, 0) is 96.3 Å². The molecule has 0 bridgehead atoms. The summed E-state index contributed by atoms with van der Waals surface area (Å²) >= 11 is 1.91. The third-order valence-corrected chi connectivity index (χ3v) is 13.9. The molecule has 4 heterocycles. The minimum Gasteiger partial charge on any atom is -0.492 e. The van der Waals surface area contributed by atoms with Gasteiger partial charge in [-0.1, -0.05) is 56.2 Å². The van der Waals surface area contributed by atoms with E-state index < -0.39 is 0 Å². The lowest BCUT2D eigenvalue weighted by Crippen LogP contribution is -2.38. The highest BCUT2D eigenvalue weighted by Gasteiger charge is 2.42. The summed E-state index contributed by atoms with van der Waals surface area (Å²) < 4.78 is 29.2. The van der Waals surface area contributed by atoms with Crippen LogP contribution in [0, 0.1) is 0 Å². The quantitative estimate of drug-likeness (QED) is 0.0288. The Kier molecular flexibility index (Phi) is 18.6. The minimum absolute atomic E-state index is 0.0639. The number of esters is 1. The van der Waals surface area contributed by atoms with Crippen LogP contribution in [0.15, 0.2) is 72.8 Å². The number of carbonyl (C=O) groups is 3. The summed E-state index contributed by atoms with van der Waals surface area (Å²) in [5.41, 5.74) is 5.34. The molecule has 13 nitrogen and oxygen atoms in total. The first-order chi connectivity index (χ1) is 31.4. The second-order valence-corrected chi connectivity index (χ2v) is 18.2. The van der Waals surface area contributed by atoms with Crippen LogP contribution in [-0.2, 0) is 19.1 Å². The van der Waals surface area contributed by atoms with E-state index in [0.29, 0.717) is 50.0 Å². The summed E-state index contributed by atoms with van der Waals surface area (Å²) in [7, 11) is 0. The van der Waals surface area contributed by atoms with E-state index in [1.807, 2.05) is 54.2 Å². The number of urea groups is 1. The zero-order valence-electron chi connectivity index (χ0n) is 37.5. The summed E-state index contributed by atoms with van der Waals surface area (Å²) in [6.07, 6.45) is 6.67. The van der Waals surface area contributed by atoms with Crippen molar-refractivity contribution in [1.82, 2.24) is 25.8 Å².